The lowest BCUT2D eigenvalue weighted by Crippen LogP contribution is -2.17. The van der Waals surface area contributed by atoms with Crippen molar-refractivity contribution in [2.45, 2.75) is 18.2 Å². The Kier molecular flexibility index (Phi) is 5.37. The van der Waals surface area contributed by atoms with Crippen LogP contribution in [0.3, 0.4) is 0 Å². The van der Waals surface area contributed by atoms with Crippen LogP contribution in [0.4, 0.5) is 5.69 Å². The van der Waals surface area contributed by atoms with Crippen LogP contribution in [0.5, 0.6) is 5.75 Å². The Morgan fingerprint density at radius 3 is 2.41 bits per heavy atom. The lowest BCUT2D eigenvalue weighted by Gasteiger charge is -2.13. The van der Waals surface area contributed by atoms with E-state index in [9.17, 15) is 23.1 Å². The third kappa shape index (κ3) is 4.11. The van der Waals surface area contributed by atoms with Crippen LogP contribution in [0.1, 0.15) is 23.0 Å². The van der Waals surface area contributed by atoms with E-state index in [4.69, 9.17) is 5.11 Å². The maximum Gasteiger partial charge on any atom is 0.358 e. The Hall–Kier alpha value is -3.66. The Morgan fingerprint density at radius 2 is 1.79 bits per heavy atom. The van der Waals surface area contributed by atoms with Crippen molar-refractivity contribution in [1.82, 2.24) is 9.97 Å². The van der Waals surface area contributed by atoms with E-state index >= 15 is 0 Å². The molecule has 0 saturated heterocycles. The summed E-state index contributed by atoms with van der Waals surface area (Å²) in [4.78, 5) is 29.1. The smallest absolute Gasteiger partial charge is 0.358 e. The van der Waals surface area contributed by atoms with E-state index in [1.807, 2.05) is 6.92 Å². The van der Waals surface area contributed by atoms with Gasteiger partial charge < -0.3 is 15.2 Å². The first-order chi connectivity index (χ1) is 13.7. The standard InChI is InChI=1S/C19H17N3O6S/c1-2-11-7-9-12(10-8-11)29(27,28)22-14-6-4-3-5-13(14)17-20-15(19(25)26)16(23)18(24)21-17/h3-10,22-23H,2H2,1H3,(H,25,26)(H,20,21,24). The Balaban J connectivity index is 2.06. The molecule has 4 N–H and O–H groups in total. The van der Waals surface area contributed by atoms with Gasteiger partial charge in [0.1, 0.15) is 5.82 Å². The zero-order valence-corrected chi connectivity index (χ0v) is 16.0. The number of H-pyrrole nitrogens is 1. The van der Waals surface area contributed by atoms with Gasteiger partial charge in [-0.15, -0.1) is 0 Å². The summed E-state index contributed by atoms with van der Waals surface area (Å²) in [5.41, 5.74) is -0.689. The Bertz CT molecular complexity index is 1230. The molecule has 0 aliphatic rings. The summed E-state index contributed by atoms with van der Waals surface area (Å²) in [7, 11) is -3.95. The molecule has 0 aliphatic heterocycles. The molecule has 0 saturated carbocycles. The number of aryl methyl sites for hydroxylation is 1. The number of nitrogens with one attached hydrogen (secondary N) is 2. The minimum absolute atomic E-state index is 0.0443. The molecule has 1 heterocycles. The second-order valence-electron chi connectivity index (χ2n) is 6.07. The molecule has 0 bridgehead atoms. The van der Waals surface area contributed by atoms with E-state index in [0.717, 1.165) is 12.0 Å². The highest BCUT2D eigenvalue weighted by molar-refractivity contribution is 7.92. The molecule has 150 valence electrons. The fourth-order valence-corrected chi connectivity index (χ4v) is 3.71. The predicted molar refractivity (Wildman–Crippen MR) is 106 cm³/mol. The summed E-state index contributed by atoms with van der Waals surface area (Å²) in [6.45, 7) is 1.95. The molecule has 0 spiro atoms. The van der Waals surface area contributed by atoms with Gasteiger partial charge in [0.05, 0.1) is 10.6 Å². The number of carboxylic acid groups (broad SMARTS) is 1. The number of hydrogen-bond acceptors (Lipinski definition) is 6. The lowest BCUT2D eigenvalue weighted by molar-refractivity contribution is 0.0686. The number of aromatic carboxylic acids is 1. The number of carbonyl (C=O) groups is 1. The van der Waals surface area contributed by atoms with E-state index in [1.54, 1.807) is 24.3 Å². The molecule has 1 aromatic heterocycles. The molecule has 2 aromatic carbocycles. The monoisotopic (exact) mass is 415 g/mol. The van der Waals surface area contributed by atoms with Crippen molar-refractivity contribution in [3.63, 3.8) is 0 Å². The van der Waals surface area contributed by atoms with Gasteiger partial charge in [0.15, 0.2) is 5.69 Å². The van der Waals surface area contributed by atoms with Crippen LogP contribution >= 0.6 is 0 Å². The number of para-hydroxylation sites is 1. The Labute approximate surface area is 165 Å². The molecule has 29 heavy (non-hydrogen) atoms. The van der Waals surface area contributed by atoms with Gasteiger partial charge in [0, 0.05) is 5.56 Å². The number of sulfonamides is 1. The number of benzene rings is 2. The first kappa shape index (κ1) is 20.1. The highest BCUT2D eigenvalue weighted by atomic mass is 32.2. The third-order valence-corrected chi connectivity index (χ3v) is 5.55. The number of rotatable bonds is 6. The van der Waals surface area contributed by atoms with Gasteiger partial charge in [-0.1, -0.05) is 31.2 Å². The molecule has 0 unspecified atom stereocenters. The second kappa shape index (κ2) is 7.76. The van der Waals surface area contributed by atoms with Gasteiger partial charge in [0.2, 0.25) is 5.75 Å². The molecular weight excluding hydrogens is 398 g/mol. The number of nitrogens with zero attached hydrogens (tertiary/aromatic N) is 1. The summed E-state index contributed by atoms with van der Waals surface area (Å²) >= 11 is 0. The largest absolute Gasteiger partial charge is 0.501 e. The van der Waals surface area contributed by atoms with Crippen molar-refractivity contribution in [2.24, 2.45) is 0 Å². The normalized spacial score (nSPS) is 11.2. The molecular formula is C19H17N3O6S. The van der Waals surface area contributed by atoms with Crippen LogP contribution in [-0.2, 0) is 16.4 Å². The molecule has 0 atom stereocenters. The molecule has 0 aliphatic carbocycles. The minimum Gasteiger partial charge on any atom is -0.501 e. The maximum absolute atomic E-state index is 12.7. The highest BCUT2D eigenvalue weighted by Crippen LogP contribution is 2.28. The average molecular weight is 415 g/mol. The van der Waals surface area contributed by atoms with Crippen LogP contribution in [0.2, 0.25) is 0 Å². The van der Waals surface area contributed by atoms with Crippen LogP contribution in [0.25, 0.3) is 11.4 Å². The molecule has 0 fully saturated rings. The zero-order chi connectivity index (χ0) is 21.2. The average Bonchev–Trinajstić information content (AvgIpc) is 2.70. The molecule has 0 radical (unpaired) electrons. The van der Waals surface area contributed by atoms with Crippen molar-refractivity contribution in [3.8, 4) is 17.1 Å². The summed E-state index contributed by atoms with van der Waals surface area (Å²) in [6.07, 6.45) is 0.766. The van der Waals surface area contributed by atoms with Crippen molar-refractivity contribution in [3.05, 3.63) is 70.1 Å². The molecule has 3 aromatic rings. The first-order valence-corrected chi connectivity index (χ1v) is 9.99. The molecule has 3 rings (SSSR count). The number of carboxylic acids is 1. The fourth-order valence-electron chi connectivity index (χ4n) is 2.63. The quantitative estimate of drug-likeness (QED) is 0.482. The number of aromatic hydroxyl groups is 1. The van der Waals surface area contributed by atoms with E-state index in [1.165, 1.54) is 24.3 Å². The van der Waals surface area contributed by atoms with Gasteiger partial charge in [-0.05, 0) is 36.2 Å². The second-order valence-corrected chi connectivity index (χ2v) is 7.75. The van der Waals surface area contributed by atoms with Crippen molar-refractivity contribution in [1.29, 1.82) is 0 Å². The van der Waals surface area contributed by atoms with E-state index in [0.29, 0.717) is 0 Å². The van der Waals surface area contributed by atoms with Gasteiger partial charge in [-0.3, -0.25) is 9.52 Å². The van der Waals surface area contributed by atoms with Crippen LogP contribution in [0.15, 0.2) is 58.2 Å². The summed E-state index contributed by atoms with van der Waals surface area (Å²) in [5.74, 6) is -2.83. The summed E-state index contributed by atoms with van der Waals surface area (Å²) in [6, 6.07) is 12.4. The van der Waals surface area contributed by atoms with Gasteiger partial charge in [-0.2, -0.15) is 0 Å². The molecule has 9 nitrogen and oxygen atoms in total. The van der Waals surface area contributed by atoms with Crippen LogP contribution in [0, 0.1) is 0 Å². The fraction of sp³-hybridized carbons (Fsp3) is 0.105. The predicted octanol–water partition coefficient (Wildman–Crippen LogP) is 2.20. The maximum atomic E-state index is 12.7. The van der Waals surface area contributed by atoms with Crippen molar-refractivity contribution < 1.29 is 23.4 Å². The summed E-state index contributed by atoms with van der Waals surface area (Å²) < 4.78 is 27.9. The number of aromatic amines is 1. The van der Waals surface area contributed by atoms with Gasteiger partial charge in [-0.25, -0.2) is 18.2 Å². The van der Waals surface area contributed by atoms with Crippen molar-refractivity contribution >= 4 is 21.7 Å². The topological polar surface area (TPSA) is 149 Å². The third-order valence-electron chi connectivity index (χ3n) is 4.17. The molecule has 0 amide bonds. The zero-order valence-electron chi connectivity index (χ0n) is 15.2. The van der Waals surface area contributed by atoms with Gasteiger partial charge in [0.25, 0.3) is 15.6 Å². The number of hydrogen-bond donors (Lipinski definition) is 4. The minimum atomic E-state index is -3.95. The lowest BCUT2D eigenvalue weighted by atomic mass is 10.1. The van der Waals surface area contributed by atoms with Crippen LogP contribution in [-0.4, -0.2) is 34.6 Å². The van der Waals surface area contributed by atoms with E-state index < -0.39 is 33.0 Å². The van der Waals surface area contributed by atoms with Crippen LogP contribution < -0.4 is 10.3 Å². The number of anilines is 1. The SMILES string of the molecule is CCc1ccc(S(=O)(=O)Nc2ccccc2-c2nc(C(=O)O)c(O)c(=O)[nH]2)cc1. The van der Waals surface area contributed by atoms with Crippen molar-refractivity contribution in [2.75, 3.05) is 4.72 Å². The van der Waals surface area contributed by atoms with E-state index in [2.05, 4.69) is 14.7 Å². The van der Waals surface area contributed by atoms with Gasteiger partial charge >= 0.3 is 5.97 Å². The summed E-state index contributed by atoms with van der Waals surface area (Å²) in [5, 5.41) is 18.7. The first-order valence-electron chi connectivity index (χ1n) is 8.50. The molecule has 10 heteroatoms. The highest BCUT2D eigenvalue weighted by Gasteiger charge is 2.21. The van der Waals surface area contributed by atoms with E-state index in [-0.39, 0.29) is 22.0 Å². The number of aromatic nitrogens is 2. The Morgan fingerprint density at radius 1 is 1.14 bits per heavy atom.